The second-order valence-corrected chi connectivity index (χ2v) is 12.4. The molecule has 6 atom stereocenters. The standard InChI is InChI=1S/C30H56N2O5/c1-6-7-8-9-10-11-12-13-14-15-16-17-18-25-27(36-29(2,3)34-25)23(31)21-32-22-19-24(33)28-26(20-22)35-30(4,5)37-28/h19,23-28,32-33H,6-18,20-21,31H2,1-5H3/t23?,24-,25+,26-,27-,28-/m0/s1. The van der Waals surface area contributed by atoms with Gasteiger partial charge in [0.25, 0.3) is 0 Å². The smallest absolute Gasteiger partial charge is 0.163 e. The molecular formula is C30H56N2O5. The van der Waals surface area contributed by atoms with Crippen molar-refractivity contribution in [1.82, 2.24) is 5.32 Å². The normalized spacial score (nSPS) is 31.2. The largest absolute Gasteiger partial charge is 0.387 e. The number of fused-ring (bicyclic) bond motifs is 1. The highest BCUT2D eigenvalue weighted by Crippen LogP contribution is 2.36. The van der Waals surface area contributed by atoms with Crippen LogP contribution in [-0.2, 0) is 18.9 Å². The van der Waals surface area contributed by atoms with Crippen molar-refractivity contribution < 1.29 is 24.1 Å². The molecule has 0 spiro atoms. The molecular weight excluding hydrogens is 468 g/mol. The Morgan fingerprint density at radius 1 is 0.865 bits per heavy atom. The molecule has 7 heteroatoms. The molecule has 2 aliphatic heterocycles. The maximum Gasteiger partial charge on any atom is 0.163 e. The lowest BCUT2D eigenvalue weighted by Crippen LogP contribution is -2.49. The molecule has 37 heavy (non-hydrogen) atoms. The predicted octanol–water partition coefficient (Wildman–Crippen LogP) is 5.68. The zero-order chi connectivity index (χ0) is 26.9. The van der Waals surface area contributed by atoms with Crippen LogP contribution in [0.5, 0.6) is 0 Å². The second-order valence-electron chi connectivity index (χ2n) is 12.4. The molecule has 1 aliphatic carbocycles. The minimum Gasteiger partial charge on any atom is -0.387 e. The van der Waals surface area contributed by atoms with Gasteiger partial charge in [0.1, 0.15) is 18.3 Å². The van der Waals surface area contributed by atoms with Gasteiger partial charge in [0, 0.05) is 18.7 Å². The van der Waals surface area contributed by atoms with Crippen LogP contribution < -0.4 is 11.1 Å². The highest BCUT2D eigenvalue weighted by molar-refractivity contribution is 5.15. The number of hydrogen-bond donors (Lipinski definition) is 3. The van der Waals surface area contributed by atoms with Gasteiger partial charge >= 0.3 is 0 Å². The first-order valence-electron chi connectivity index (χ1n) is 15.2. The number of aliphatic hydroxyl groups is 1. The lowest BCUT2D eigenvalue weighted by atomic mass is 9.95. The summed E-state index contributed by atoms with van der Waals surface area (Å²) in [6.07, 6.45) is 18.3. The number of ether oxygens (including phenoxy) is 4. The van der Waals surface area contributed by atoms with E-state index < -0.39 is 17.7 Å². The highest BCUT2D eigenvalue weighted by Gasteiger charge is 2.47. The van der Waals surface area contributed by atoms with Gasteiger partial charge in [0.15, 0.2) is 11.6 Å². The molecule has 0 aromatic heterocycles. The molecule has 0 saturated carbocycles. The van der Waals surface area contributed by atoms with E-state index in [1.807, 2.05) is 33.8 Å². The Balaban J connectivity index is 1.32. The summed E-state index contributed by atoms with van der Waals surface area (Å²) in [7, 11) is 0. The molecule has 3 rings (SSSR count). The minimum absolute atomic E-state index is 0.0117. The number of unbranched alkanes of at least 4 members (excludes halogenated alkanes) is 11. The molecule has 2 heterocycles. The third-order valence-electron chi connectivity index (χ3n) is 7.90. The summed E-state index contributed by atoms with van der Waals surface area (Å²) in [4.78, 5) is 0. The molecule has 2 fully saturated rings. The van der Waals surface area contributed by atoms with Crippen LogP contribution in [0.15, 0.2) is 11.8 Å². The van der Waals surface area contributed by atoms with Gasteiger partial charge in [-0.15, -0.1) is 0 Å². The Labute approximate surface area is 226 Å². The van der Waals surface area contributed by atoms with Crippen molar-refractivity contribution in [2.24, 2.45) is 5.73 Å². The zero-order valence-electron chi connectivity index (χ0n) is 24.3. The fraction of sp³-hybridized carbons (Fsp3) is 0.933. The molecule has 3 aliphatic rings. The summed E-state index contributed by atoms with van der Waals surface area (Å²) in [6.45, 7) is 10.5. The van der Waals surface area contributed by atoms with E-state index in [1.54, 1.807) is 0 Å². The summed E-state index contributed by atoms with van der Waals surface area (Å²) in [5.74, 6) is -1.28. The molecule has 2 saturated heterocycles. The van der Waals surface area contributed by atoms with Gasteiger partial charge in [-0.1, -0.05) is 84.0 Å². The second kappa shape index (κ2) is 14.6. The Bertz CT molecular complexity index is 697. The van der Waals surface area contributed by atoms with Crippen molar-refractivity contribution in [2.45, 2.75) is 173 Å². The van der Waals surface area contributed by atoms with Crippen LogP contribution in [0.1, 0.15) is 125 Å². The average molecular weight is 525 g/mol. The summed E-state index contributed by atoms with van der Waals surface area (Å²) in [5.41, 5.74) is 7.56. The molecule has 0 aromatic carbocycles. The van der Waals surface area contributed by atoms with Crippen molar-refractivity contribution >= 4 is 0 Å². The molecule has 0 radical (unpaired) electrons. The number of rotatable bonds is 17. The Hall–Kier alpha value is -0.700. The van der Waals surface area contributed by atoms with E-state index in [1.165, 1.54) is 70.6 Å². The maximum atomic E-state index is 10.5. The number of hydrogen-bond acceptors (Lipinski definition) is 7. The first-order valence-corrected chi connectivity index (χ1v) is 15.2. The van der Waals surface area contributed by atoms with E-state index in [0.717, 1.165) is 18.5 Å². The van der Waals surface area contributed by atoms with Crippen molar-refractivity contribution in [1.29, 1.82) is 0 Å². The SMILES string of the molecule is CCCCCCCCCCCCCC[C@H]1OC(C)(C)O[C@H]1C(N)CNC1=C[C@H](O)[C@@H]2OC(C)(C)O[C@H]2C1. The van der Waals surface area contributed by atoms with Crippen LogP contribution in [0.4, 0.5) is 0 Å². The lowest BCUT2D eigenvalue weighted by Gasteiger charge is -2.29. The fourth-order valence-corrected chi connectivity index (χ4v) is 6.03. The first-order chi connectivity index (χ1) is 17.6. The molecule has 0 amide bonds. The van der Waals surface area contributed by atoms with Gasteiger partial charge in [-0.3, -0.25) is 0 Å². The first kappa shape index (κ1) is 30.8. The summed E-state index contributed by atoms with van der Waals surface area (Å²) >= 11 is 0. The van der Waals surface area contributed by atoms with Gasteiger partial charge in [-0.2, -0.15) is 0 Å². The van der Waals surface area contributed by atoms with Gasteiger partial charge < -0.3 is 35.1 Å². The Kier molecular flexibility index (Phi) is 12.2. The van der Waals surface area contributed by atoms with Gasteiger partial charge in [-0.25, -0.2) is 0 Å². The third kappa shape index (κ3) is 10.1. The van der Waals surface area contributed by atoms with E-state index in [9.17, 15) is 5.11 Å². The number of aliphatic hydroxyl groups excluding tert-OH is 1. The molecule has 7 nitrogen and oxygen atoms in total. The average Bonchev–Trinajstić information content (AvgIpc) is 3.32. The topological polar surface area (TPSA) is 95.2 Å². The van der Waals surface area contributed by atoms with Crippen LogP contribution in [0.3, 0.4) is 0 Å². The van der Waals surface area contributed by atoms with Crippen LogP contribution in [-0.4, -0.2) is 59.8 Å². The van der Waals surface area contributed by atoms with E-state index in [-0.39, 0.29) is 30.5 Å². The molecule has 216 valence electrons. The molecule has 1 unspecified atom stereocenters. The van der Waals surface area contributed by atoms with Crippen molar-refractivity contribution in [3.05, 3.63) is 11.8 Å². The summed E-state index contributed by atoms with van der Waals surface area (Å²) < 4.78 is 24.3. The molecule has 4 N–H and O–H groups in total. The molecule has 0 bridgehead atoms. The Morgan fingerprint density at radius 2 is 1.43 bits per heavy atom. The molecule has 0 aromatic rings. The van der Waals surface area contributed by atoms with E-state index >= 15 is 0 Å². The van der Waals surface area contributed by atoms with Crippen LogP contribution in [0.25, 0.3) is 0 Å². The fourth-order valence-electron chi connectivity index (χ4n) is 6.03. The Morgan fingerprint density at radius 3 is 2.05 bits per heavy atom. The number of nitrogens with two attached hydrogens (primary N) is 1. The van der Waals surface area contributed by atoms with E-state index in [0.29, 0.717) is 13.0 Å². The van der Waals surface area contributed by atoms with Gasteiger partial charge in [0.2, 0.25) is 0 Å². The monoisotopic (exact) mass is 524 g/mol. The van der Waals surface area contributed by atoms with Gasteiger partial charge in [0.05, 0.1) is 18.2 Å². The minimum atomic E-state index is -0.692. The number of nitrogens with one attached hydrogen (secondary N) is 1. The van der Waals surface area contributed by atoms with Crippen LogP contribution in [0, 0.1) is 0 Å². The maximum absolute atomic E-state index is 10.5. The quantitative estimate of drug-likeness (QED) is 0.211. The summed E-state index contributed by atoms with van der Waals surface area (Å²) in [5, 5.41) is 13.9. The van der Waals surface area contributed by atoms with Gasteiger partial charge in [-0.05, 0) is 40.2 Å². The zero-order valence-corrected chi connectivity index (χ0v) is 24.3. The van der Waals surface area contributed by atoms with Crippen molar-refractivity contribution in [3.8, 4) is 0 Å². The summed E-state index contributed by atoms with van der Waals surface area (Å²) in [6, 6.07) is -0.211. The highest BCUT2D eigenvalue weighted by atomic mass is 16.8. The van der Waals surface area contributed by atoms with Crippen LogP contribution >= 0.6 is 0 Å². The van der Waals surface area contributed by atoms with E-state index in [2.05, 4.69) is 12.2 Å². The van der Waals surface area contributed by atoms with Crippen molar-refractivity contribution in [3.63, 3.8) is 0 Å². The third-order valence-corrected chi connectivity index (χ3v) is 7.90. The van der Waals surface area contributed by atoms with Crippen molar-refractivity contribution in [2.75, 3.05) is 6.54 Å². The lowest BCUT2D eigenvalue weighted by molar-refractivity contribution is -0.151. The predicted molar refractivity (Wildman–Crippen MR) is 148 cm³/mol. The van der Waals surface area contributed by atoms with Crippen LogP contribution in [0.2, 0.25) is 0 Å². The van der Waals surface area contributed by atoms with E-state index in [4.69, 9.17) is 24.7 Å².